The number of piperazine rings is 1. The monoisotopic (exact) mass is 238 g/mol. The van der Waals surface area contributed by atoms with Gasteiger partial charge in [-0.3, -0.25) is 4.90 Å². The number of benzene rings is 1. The summed E-state index contributed by atoms with van der Waals surface area (Å²) >= 11 is 0. The third-order valence-electron chi connectivity index (χ3n) is 3.10. The van der Waals surface area contributed by atoms with Crippen LogP contribution in [0.2, 0.25) is 0 Å². The minimum atomic E-state index is -0.229. The molecule has 94 valence electrons. The first kappa shape index (κ1) is 12.3. The van der Waals surface area contributed by atoms with E-state index in [1.807, 2.05) is 0 Å². The summed E-state index contributed by atoms with van der Waals surface area (Å²) in [7, 11) is 0. The molecule has 0 aliphatic carbocycles. The molecule has 1 aliphatic heterocycles. The molecular weight excluding hydrogens is 219 g/mol. The summed E-state index contributed by atoms with van der Waals surface area (Å²) in [6, 6.07) is 6.72. The Balaban J connectivity index is 1.73. The van der Waals surface area contributed by atoms with Crippen molar-refractivity contribution in [3.05, 3.63) is 30.1 Å². The predicted molar refractivity (Wildman–Crippen MR) is 65.8 cm³/mol. The largest absolute Gasteiger partial charge is 0.492 e. The highest BCUT2D eigenvalue weighted by molar-refractivity contribution is 5.21. The van der Waals surface area contributed by atoms with Crippen LogP contribution in [0.3, 0.4) is 0 Å². The molecule has 1 N–H and O–H groups in total. The van der Waals surface area contributed by atoms with Gasteiger partial charge in [0.25, 0.3) is 0 Å². The predicted octanol–water partition coefficient (Wildman–Crippen LogP) is 1.50. The van der Waals surface area contributed by atoms with Crippen LogP contribution in [0, 0.1) is 5.82 Å². The summed E-state index contributed by atoms with van der Waals surface area (Å²) in [4.78, 5) is 2.40. The zero-order chi connectivity index (χ0) is 12.1. The average molecular weight is 238 g/mol. The fraction of sp³-hybridized carbons (Fsp3) is 0.538. The molecule has 1 aliphatic rings. The second-order valence-electron chi connectivity index (χ2n) is 4.39. The highest BCUT2D eigenvalue weighted by atomic mass is 19.1. The van der Waals surface area contributed by atoms with Gasteiger partial charge in [-0.25, -0.2) is 4.39 Å². The van der Waals surface area contributed by atoms with Gasteiger partial charge >= 0.3 is 0 Å². The van der Waals surface area contributed by atoms with E-state index in [0.29, 0.717) is 12.6 Å². The van der Waals surface area contributed by atoms with Crippen molar-refractivity contribution >= 4 is 0 Å². The fourth-order valence-electron chi connectivity index (χ4n) is 2.03. The van der Waals surface area contributed by atoms with Crippen molar-refractivity contribution in [2.24, 2.45) is 0 Å². The van der Waals surface area contributed by atoms with E-state index in [-0.39, 0.29) is 5.82 Å². The minimum Gasteiger partial charge on any atom is -0.492 e. The van der Waals surface area contributed by atoms with E-state index >= 15 is 0 Å². The van der Waals surface area contributed by atoms with Crippen LogP contribution in [0.5, 0.6) is 5.75 Å². The highest BCUT2D eigenvalue weighted by Gasteiger charge is 2.16. The lowest BCUT2D eigenvalue weighted by Gasteiger charge is -2.33. The molecule has 2 rings (SSSR count). The zero-order valence-electron chi connectivity index (χ0n) is 10.2. The molecule has 0 spiro atoms. The molecule has 0 unspecified atom stereocenters. The normalized spacial score (nSPS) is 21.4. The standard InChI is InChI=1S/C13H19FN2O/c1-11-10-15-6-7-16(11)8-9-17-13-4-2-12(14)3-5-13/h2-5,11,15H,6-10H2,1H3/t11-/m1/s1. The minimum absolute atomic E-state index is 0.229. The van der Waals surface area contributed by atoms with E-state index < -0.39 is 0 Å². The van der Waals surface area contributed by atoms with Crippen LogP contribution in [0.25, 0.3) is 0 Å². The van der Waals surface area contributed by atoms with Crippen molar-refractivity contribution in [1.82, 2.24) is 10.2 Å². The number of nitrogens with one attached hydrogen (secondary N) is 1. The number of hydrogen-bond donors (Lipinski definition) is 1. The van der Waals surface area contributed by atoms with Gasteiger partial charge in [-0.05, 0) is 31.2 Å². The summed E-state index contributed by atoms with van der Waals surface area (Å²) in [5.74, 6) is 0.502. The number of ether oxygens (including phenoxy) is 1. The van der Waals surface area contributed by atoms with Gasteiger partial charge in [0.1, 0.15) is 18.2 Å². The van der Waals surface area contributed by atoms with Crippen LogP contribution in [-0.4, -0.2) is 43.7 Å². The molecule has 1 heterocycles. The molecule has 0 bridgehead atoms. The zero-order valence-corrected chi connectivity index (χ0v) is 10.2. The van der Waals surface area contributed by atoms with Crippen LogP contribution in [0.1, 0.15) is 6.92 Å². The number of hydrogen-bond acceptors (Lipinski definition) is 3. The Hall–Kier alpha value is -1.13. The third-order valence-corrected chi connectivity index (χ3v) is 3.10. The maximum absolute atomic E-state index is 12.7. The van der Waals surface area contributed by atoms with E-state index in [9.17, 15) is 4.39 Å². The van der Waals surface area contributed by atoms with Crippen LogP contribution in [0.15, 0.2) is 24.3 Å². The quantitative estimate of drug-likeness (QED) is 0.860. The molecule has 1 aromatic carbocycles. The van der Waals surface area contributed by atoms with Crippen LogP contribution < -0.4 is 10.1 Å². The molecule has 0 amide bonds. The molecule has 4 heteroatoms. The van der Waals surface area contributed by atoms with Crippen molar-refractivity contribution in [3.8, 4) is 5.75 Å². The first-order valence-corrected chi connectivity index (χ1v) is 6.09. The molecule has 0 aromatic heterocycles. The number of halogens is 1. The van der Waals surface area contributed by atoms with Crippen molar-refractivity contribution in [3.63, 3.8) is 0 Å². The van der Waals surface area contributed by atoms with Crippen molar-refractivity contribution in [1.29, 1.82) is 0 Å². The number of rotatable bonds is 4. The fourth-order valence-corrected chi connectivity index (χ4v) is 2.03. The van der Waals surface area contributed by atoms with Gasteiger partial charge in [0.2, 0.25) is 0 Å². The third kappa shape index (κ3) is 3.68. The van der Waals surface area contributed by atoms with Gasteiger partial charge in [0.05, 0.1) is 0 Å². The highest BCUT2D eigenvalue weighted by Crippen LogP contribution is 2.11. The topological polar surface area (TPSA) is 24.5 Å². The van der Waals surface area contributed by atoms with Crippen molar-refractivity contribution in [2.75, 3.05) is 32.8 Å². The Bertz CT molecular complexity index is 342. The second-order valence-corrected chi connectivity index (χ2v) is 4.39. The smallest absolute Gasteiger partial charge is 0.123 e. The maximum atomic E-state index is 12.7. The lowest BCUT2D eigenvalue weighted by molar-refractivity contribution is 0.143. The Labute approximate surface area is 102 Å². The second kappa shape index (κ2) is 5.98. The lowest BCUT2D eigenvalue weighted by Crippen LogP contribution is -2.50. The molecule has 3 nitrogen and oxygen atoms in total. The van der Waals surface area contributed by atoms with Gasteiger partial charge in [-0.1, -0.05) is 0 Å². The molecule has 1 saturated heterocycles. The van der Waals surface area contributed by atoms with E-state index in [0.717, 1.165) is 31.9 Å². The Morgan fingerprint density at radius 2 is 2.18 bits per heavy atom. The maximum Gasteiger partial charge on any atom is 0.123 e. The molecule has 0 radical (unpaired) electrons. The summed E-state index contributed by atoms with van der Waals surface area (Å²) in [6.45, 7) is 6.92. The van der Waals surface area contributed by atoms with Gasteiger partial charge in [0, 0.05) is 32.2 Å². The van der Waals surface area contributed by atoms with Gasteiger partial charge in [-0.15, -0.1) is 0 Å². The summed E-state index contributed by atoms with van der Waals surface area (Å²) in [6.07, 6.45) is 0. The molecule has 17 heavy (non-hydrogen) atoms. The SMILES string of the molecule is C[C@@H]1CNCCN1CCOc1ccc(F)cc1. The summed E-state index contributed by atoms with van der Waals surface area (Å²) < 4.78 is 18.3. The summed E-state index contributed by atoms with van der Waals surface area (Å²) in [5, 5.41) is 3.35. The summed E-state index contributed by atoms with van der Waals surface area (Å²) in [5.41, 5.74) is 0. The van der Waals surface area contributed by atoms with Gasteiger partial charge < -0.3 is 10.1 Å². The van der Waals surface area contributed by atoms with Crippen LogP contribution in [-0.2, 0) is 0 Å². The van der Waals surface area contributed by atoms with E-state index in [1.54, 1.807) is 12.1 Å². The molecule has 1 aromatic rings. The Morgan fingerprint density at radius 1 is 1.41 bits per heavy atom. The van der Waals surface area contributed by atoms with Crippen LogP contribution in [0.4, 0.5) is 4.39 Å². The van der Waals surface area contributed by atoms with Crippen molar-refractivity contribution in [2.45, 2.75) is 13.0 Å². The Kier molecular flexibility index (Phi) is 4.34. The first-order valence-electron chi connectivity index (χ1n) is 6.09. The van der Waals surface area contributed by atoms with E-state index in [4.69, 9.17) is 4.74 Å². The number of nitrogens with zero attached hydrogens (tertiary/aromatic N) is 1. The molecular formula is C13H19FN2O. The lowest BCUT2D eigenvalue weighted by atomic mass is 10.2. The molecule has 0 saturated carbocycles. The van der Waals surface area contributed by atoms with Gasteiger partial charge in [-0.2, -0.15) is 0 Å². The van der Waals surface area contributed by atoms with Crippen LogP contribution >= 0.6 is 0 Å². The average Bonchev–Trinajstić information content (AvgIpc) is 2.34. The van der Waals surface area contributed by atoms with Crippen molar-refractivity contribution < 1.29 is 9.13 Å². The van der Waals surface area contributed by atoms with E-state index in [1.165, 1.54) is 12.1 Å². The van der Waals surface area contributed by atoms with E-state index in [2.05, 4.69) is 17.1 Å². The first-order chi connectivity index (χ1) is 8.25. The Morgan fingerprint density at radius 3 is 2.88 bits per heavy atom. The molecule has 1 fully saturated rings. The molecule has 1 atom stereocenters. The van der Waals surface area contributed by atoms with Gasteiger partial charge in [0.15, 0.2) is 0 Å².